The minimum absolute atomic E-state index is 0.224. The molecule has 5 N–H and O–H groups in total. The van der Waals surface area contributed by atoms with E-state index in [1.54, 1.807) is 11.1 Å². The van der Waals surface area contributed by atoms with E-state index in [0.717, 1.165) is 32.7 Å². The number of anilines is 1. The van der Waals surface area contributed by atoms with Crippen LogP contribution in [0.2, 0.25) is 0 Å². The van der Waals surface area contributed by atoms with E-state index in [1.807, 2.05) is 66.7 Å². The van der Waals surface area contributed by atoms with Crippen LogP contribution < -0.4 is 16.4 Å². The Balaban J connectivity index is 1.28. The highest BCUT2D eigenvalue weighted by Crippen LogP contribution is 2.23. The SMILES string of the molecule is Nc1nccc2cc(CNC(=O)C3CCCN3C(=O)C(Cc3ccc4ccccc4c3)NCC(=O)O)ccc12. The van der Waals surface area contributed by atoms with Crippen LogP contribution in [0, 0.1) is 0 Å². The number of nitrogens with zero attached hydrogens (tertiary/aromatic N) is 2. The molecule has 200 valence electrons. The zero-order valence-electron chi connectivity index (χ0n) is 21.5. The Labute approximate surface area is 226 Å². The predicted molar refractivity (Wildman–Crippen MR) is 150 cm³/mol. The highest BCUT2D eigenvalue weighted by molar-refractivity contribution is 5.92. The van der Waals surface area contributed by atoms with E-state index in [2.05, 4.69) is 15.6 Å². The van der Waals surface area contributed by atoms with Crippen LogP contribution in [0.15, 0.2) is 72.9 Å². The number of pyridine rings is 1. The molecular formula is C30H31N5O4. The number of aromatic nitrogens is 1. The third-order valence-electron chi connectivity index (χ3n) is 7.22. The predicted octanol–water partition coefficient (Wildman–Crippen LogP) is 2.86. The number of aliphatic carboxylic acids is 1. The molecule has 2 unspecified atom stereocenters. The molecule has 1 aromatic heterocycles. The van der Waals surface area contributed by atoms with E-state index in [0.29, 0.717) is 38.2 Å². The van der Waals surface area contributed by atoms with Crippen LogP contribution in [0.4, 0.5) is 5.82 Å². The van der Waals surface area contributed by atoms with Crippen LogP contribution in [-0.4, -0.2) is 57.9 Å². The normalized spacial score (nSPS) is 15.9. The lowest BCUT2D eigenvalue weighted by Gasteiger charge is -2.29. The van der Waals surface area contributed by atoms with Crippen molar-refractivity contribution in [1.29, 1.82) is 0 Å². The third kappa shape index (κ3) is 5.99. The molecule has 0 saturated carbocycles. The lowest BCUT2D eigenvalue weighted by Crippen LogP contribution is -2.53. The average molecular weight is 526 g/mol. The molecule has 2 heterocycles. The summed E-state index contributed by atoms with van der Waals surface area (Å²) in [6.45, 7) is 0.409. The molecule has 9 heteroatoms. The lowest BCUT2D eigenvalue weighted by molar-refractivity contribution is -0.141. The van der Waals surface area contributed by atoms with E-state index in [1.165, 1.54) is 0 Å². The minimum Gasteiger partial charge on any atom is -0.480 e. The quantitative estimate of drug-likeness (QED) is 0.264. The monoisotopic (exact) mass is 525 g/mol. The molecule has 0 bridgehead atoms. The van der Waals surface area contributed by atoms with Crippen molar-refractivity contribution in [2.45, 2.75) is 37.9 Å². The highest BCUT2D eigenvalue weighted by Gasteiger charge is 2.37. The molecule has 1 fully saturated rings. The van der Waals surface area contributed by atoms with E-state index in [9.17, 15) is 19.5 Å². The maximum atomic E-state index is 13.7. The van der Waals surface area contributed by atoms with Gasteiger partial charge in [0.2, 0.25) is 11.8 Å². The Hall–Kier alpha value is -4.50. The molecule has 4 aromatic rings. The summed E-state index contributed by atoms with van der Waals surface area (Å²) in [4.78, 5) is 43.9. The summed E-state index contributed by atoms with van der Waals surface area (Å²) in [6, 6.07) is 20.1. The lowest BCUT2D eigenvalue weighted by atomic mass is 10.0. The van der Waals surface area contributed by atoms with Gasteiger partial charge in [-0.05, 0) is 58.7 Å². The molecule has 3 aromatic carbocycles. The molecule has 1 aliphatic heterocycles. The number of carbonyl (C=O) groups is 3. The molecule has 5 rings (SSSR count). The number of hydrogen-bond donors (Lipinski definition) is 4. The fourth-order valence-electron chi connectivity index (χ4n) is 5.23. The summed E-state index contributed by atoms with van der Waals surface area (Å²) < 4.78 is 0. The number of rotatable bonds is 9. The summed E-state index contributed by atoms with van der Waals surface area (Å²) >= 11 is 0. The number of likely N-dealkylation sites (tertiary alicyclic amines) is 1. The summed E-state index contributed by atoms with van der Waals surface area (Å²) in [6.07, 6.45) is 3.22. The number of hydrogen-bond acceptors (Lipinski definition) is 6. The Bertz CT molecular complexity index is 1540. The second kappa shape index (κ2) is 11.5. The summed E-state index contributed by atoms with van der Waals surface area (Å²) in [5.74, 6) is -1.08. The summed E-state index contributed by atoms with van der Waals surface area (Å²) in [5.41, 5.74) is 7.76. The van der Waals surface area contributed by atoms with E-state index < -0.39 is 18.1 Å². The molecule has 0 radical (unpaired) electrons. The smallest absolute Gasteiger partial charge is 0.317 e. The largest absolute Gasteiger partial charge is 0.480 e. The van der Waals surface area contributed by atoms with Crippen LogP contribution in [0.1, 0.15) is 24.0 Å². The van der Waals surface area contributed by atoms with Gasteiger partial charge in [-0.1, -0.05) is 54.6 Å². The molecule has 2 amide bonds. The zero-order valence-corrected chi connectivity index (χ0v) is 21.5. The van der Waals surface area contributed by atoms with Crippen molar-refractivity contribution in [2.24, 2.45) is 0 Å². The third-order valence-corrected chi connectivity index (χ3v) is 7.22. The number of carbonyl (C=O) groups excluding carboxylic acids is 2. The maximum Gasteiger partial charge on any atom is 0.317 e. The minimum atomic E-state index is -1.05. The summed E-state index contributed by atoms with van der Waals surface area (Å²) in [7, 11) is 0. The van der Waals surface area contributed by atoms with Gasteiger partial charge in [0.25, 0.3) is 0 Å². The van der Waals surface area contributed by atoms with Gasteiger partial charge in [0.15, 0.2) is 0 Å². The highest BCUT2D eigenvalue weighted by atomic mass is 16.4. The van der Waals surface area contributed by atoms with E-state index in [4.69, 9.17) is 5.73 Å². The molecule has 2 atom stereocenters. The molecular weight excluding hydrogens is 494 g/mol. The number of amides is 2. The van der Waals surface area contributed by atoms with Crippen LogP contribution in [0.5, 0.6) is 0 Å². The molecule has 39 heavy (non-hydrogen) atoms. The fourth-order valence-corrected chi connectivity index (χ4v) is 5.23. The van der Waals surface area contributed by atoms with Crippen LogP contribution in [0.25, 0.3) is 21.5 Å². The zero-order chi connectivity index (χ0) is 27.4. The average Bonchev–Trinajstić information content (AvgIpc) is 3.44. The number of carboxylic acids is 1. The van der Waals surface area contributed by atoms with Crippen molar-refractivity contribution in [3.8, 4) is 0 Å². The molecule has 0 aliphatic carbocycles. The van der Waals surface area contributed by atoms with Crippen molar-refractivity contribution in [2.75, 3.05) is 18.8 Å². The Morgan fingerprint density at radius 1 is 1.00 bits per heavy atom. The fraction of sp³-hybridized carbons (Fsp3) is 0.267. The molecule has 0 spiro atoms. The van der Waals surface area contributed by atoms with Crippen molar-refractivity contribution >= 4 is 45.1 Å². The molecule has 9 nitrogen and oxygen atoms in total. The van der Waals surface area contributed by atoms with Crippen LogP contribution in [-0.2, 0) is 27.3 Å². The number of carboxylic acid groups (broad SMARTS) is 1. The Kier molecular flexibility index (Phi) is 7.69. The van der Waals surface area contributed by atoms with Gasteiger partial charge in [0.1, 0.15) is 11.9 Å². The topological polar surface area (TPSA) is 138 Å². The van der Waals surface area contributed by atoms with Gasteiger partial charge in [-0.3, -0.25) is 19.7 Å². The summed E-state index contributed by atoms with van der Waals surface area (Å²) in [5, 5.41) is 19.0. The van der Waals surface area contributed by atoms with Gasteiger partial charge >= 0.3 is 5.97 Å². The first-order valence-corrected chi connectivity index (χ1v) is 13.0. The van der Waals surface area contributed by atoms with E-state index in [-0.39, 0.29) is 18.4 Å². The first-order valence-electron chi connectivity index (χ1n) is 13.0. The van der Waals surface area contributed by atoms with E-state index >= 15 is 0 Å². The van der Waals surface area contributed by atoms with Crippen molar-refractivity contribution in [3.05, 3.63) is 84.1 Å². The Morgan fingerprint density at radius 2 is 1.77 bits per heavy atom. The van der Waals surface area contributed by atoms with Crippen molar-refractivity contribution < 1.29 is 19.5 Å². The first kappa shape index (κ1) is 26.1. The number of nitrogen functional groups attached to an aromatic ring is 1. The molecule has 1 aliphatic rings. The number of nitrogens with one attached hydrogen (secondary N) is 2. The second-order valence-corrected chi connectivity index (χ2v) is 9.87. The number of fused-ring (bicyclic) bond motifs is 2. The van der Waals surface area contributed by atoms with Crippen LogP contribution >= 0.6 is 0 Å². The van der Waals surface area contributed by atoms with Crippen molar-refractivity contribution in [3.63, 3.8) is 0 Å². The first-order chi connectivity index (χ1) is 18.9. The number of nitrogens with two attached hydrogens (primary N) is 1. The van der Waals surface area contributed by atoms with Gasteiger partial charge < -0.3 is 21.1 Å². The second-order valence-electron chi connectivity index (χ2n) is 9.87. The van der Waals surface area contributed by atoms with Gasteiger partial charge in [-0.25, -0.2) is 4.98 Å². The number of benzene rings is 3. The maximum absolute atomic E-state index is 13.7. The van der Waals surface area contributed by atoms with Gasteiger partial charge in [-0.2, -0.15) is 0 Å². The standard InChI is InChI=1S/C30H31N5O4/c31-28-24-10-8-20(15-23(24)11-12-32-28)17-34-29(38)26-6-3-13-35(26)30(39)25(33-18-27(36)37)16-19-7-9-21-4-1-2-5-22(21)14-19/h1-2,4-5,7-12,14-15,25-26,33H,3,6,13,16-18H2,(H2,31,32)(H,34,38)(H,36,37). The van der Waals surface area contributed by atoms with Gasteiger partial charge in [0, 0.05) is 24.7 Å². The Morgan fingerprint density at radius 3 is 2.59 bits per heavy atom. The van der Waals surface area contributed by atoms with Crippen LogP contribution in [0.3, 0.4) is 0 Å². The van der Waals surface area contributed by atoms with Gasteiger partial charge in [-0.15, -0.1) is 0 Å². The van der Waals surface area contributed by atoms with Gasteiger partial charge in [0.05, 0.1) is 12.6 Å². The molecule has 1 saturated heterocycles. The van der Waals surface area contributed by atoms with Crippen molar-refractivity contribution in [1.82, 2.24) is 20.5 Å².